The lowest BCUT2D eigenvalue weighted by atomic mass is 9.92. The average Bonchev–Trinajstić information content (AvgIpc) is 1.60. The van der Waals surface area contributed by atoms with Crippen LogP contribution in [-0.2, 0) is 71.9 Å². The number of carbonyl (C=O) groups is 5. The van der Waals surface area contributed by atoms with Crippen molar-refractivity contribution in [2.75, 3.05) is 104 Å². The van der Waals surface area contributed by atoms with Gasteiger partial charge >= 0.3 is 18.2 Å². The van der Waals surface area contributed by atoms with E-state index in [0.29, 0.717) is 52.1 Å². The number of anilines is 2. The molecule has 0 aliphatic carbocycles. The lowest BCUT2D eigenvalue weighted by Gasteiger charge is -2.42. The molecular formula is C82H110N6O23S2Si. The monoisotopic (exact) mass is 1640 g/mol. The Morgan fingerprint density at radius 3 is 1.43 bits per heavy atom. The van der Waals surface area contributed by atoms with E-state index in [4.69, 9.17) is 61.3 Å². The van der Waals surface area contributed by atoms with Crippen molar-refractivity contribution < 1.29 is 107 Å². The maximum Gasteiger partial charge on any atom is 0.416 e. The van der Waals surface area contributed by atoms with Crippen LogP contribution < -0.4 is 24.0 Å². The first-order valence-corrected chi connectivity index (χ1v) is 45.0. The highest BCUT2D eigenvalue weighted by atomic mass is 32.2. The summed E-state index contributed by atoms with van der Waals surface area (Å²) in [6, 6.07) is 17.6. The smallest absolute Gasteiger partial charge is 0.416 e. The standard InChI is InChI=1S/C47H67N3O13SSi.C35H43N3O10S/c1-10-24-60-46(53)50-37-30-40(61-31-34(28-42(51)57-11-2)63-65(8,9)47(3,4)5)39(56-7)29-36(37)44(52)49-23-22-33(27-38(49)45(50)62-43-17-13-15-26-59-43)32-18-20-35(21-19-32)64(54,55)48(6)41-16-12-14-25-58-41;1-4-17-47-35(41)38-27-22-29(39)30(44-3)21-26(27)33(40)37-16-15-24(20-28(37)34(38)48-32-10-6-8-19-46-32)23-11-13-25(14-12-23)49(42,43)36(2)31-9-5-7-18-45-31/h10,18-22,29-30,34,38,41,43,45H,1,11-17,23-28,31H2,2-9H3;4,11-15,21-22,28,31-32,34,39H,1,5-10,16-20H2,2-3H3/t34-,38+,41?,43?,45?;28-,31?,32?,34?/m10/s1. The summed E-state index contributed by atoms with van der Waals surface area (Å²) in [5, 5.41) is 10.6. The second kappa shape index (κ2) is 38.2. The van der Waals surface area contributed by atoms with Gasteiger partial charge in [-0.2, -0.15) is 8.61 Å². The Bertz CT molecular complexity index is 4380. The highest BCUT2D eigenvalue weighted by molar-refractivity contribution is 7.89. The van der Waals surface area contributed by atoms with Gasteiger partial charge in [-0.25, -0.2) is 36.2 Å². The zero-order valence-corrected chi connectivity index (χ0v) is 69.6. The average molecular weight is 1640 g/mol. The lowest BCUT2D eigenvalue weighted by Crippen LogP contribution is -2.57. The number of nitrogens with zero attached hydrogens (tertiary/aromatic N) is 6. The van der Waals surface area contributed by atoms with E-state index in [1.165, 1.54) is 64.0 Å². The van der Waals surface area contributed by atoms with Crippen molar-refractivity contribution in [1.82, 2.24) is 18.4 Å². The van der Waals surface area contributed by atoms with Crippen LogP contribution in [0.2, 0.25) is 18.1 Å². The second-order valence-corrected chi connectivity index (χ2v) is 39.4. The van der Waals surface area contributed by atoms with Crippen LogP contribution in [0.15, 0.2) is 120 Å². The molecule has 4 amide bonds. The van der Waals surface area contributed by atoms with Crippen molar-refractivity contribution in [2.24, 2.45) is 0 Å². The highest BCUT2D eigenvalue weighted by Crippen LogP contribution is 2.47. The third-order valence-electron chi connectivity index (χ3n) is 22.2. The quantitative estimate of drug-likeness (QED) is 0.0264. The van der Waals surface area contributed by atoms with E-state index in [0.717, 1.165) is 73.6 Å². The topological polar surface area (TPSA) is 313 Å². The molecule has 4 fully saturated rings. The summed E-state index contributed by atoms with van der Waals surface area (Å²) in [5.41, 5.74) is 3.71. The largest absolute Gasteiger partial charge is 0.504 e. The zero-order chi connectivity index (χ0) is 81.8. The summed E-state index contributed by atoms with van der Waals surface area (Å²) in [6.45, 7) is 21.8. The van der Waals surface area contributed by atoms with Gasteiger partial charge in [-0.05, 0) is 174 Å². The number of fused-ring (bicyclic) bond motifs is 4. The van der Waals surface area contributed by atoms with Crippen molar-refractivity contribution in [3.05, 3.63) is 133 Å². The Balaban J connectivity index is 0.000000233. The minimum absolute atomic E-state index is 0.0552. The Kier molecular flexibility index (Phi) is 29.0. The van der Waals surface area contributed by atoms with Crippen LogP contribution in [0.5, 0.6) is 23.0 Å². The summed E-state index contributed by atoms with van der Waals surface area (Å²) in [7, 11) is -4.15. The number of aromatic hydroxyl groups is 1. The normalized spacial score (nSPS) is 23.2. The molecule has 622 valence electrons. The SMILES string of the molecule is C=CCOC(=O)N1c2cc(O)c(OC)cc2C(=O)N2CC=C(c3ccc(S(=O)(=O)N(C)C4CCCCO4)cc3)C[C@H]2C1OC1CCCCO1.C=CCOC(=O)N1c2cc(OC[C@@H](CC(=O)OCC)O[Si](C)(C)C(C)(C)C)c(OC)cc2C(=O)N2CC=C(c3ccc(S(=O)(=O)N(C)C4CCCCO4)cc3)C[C@H]2C1OC1CCCCO1. The van der Waals surface area contributed by atoms with Gasteiger partial charge in [-0.1, -0.05) is 82.5 Å². The van der Waals surface area contributed by atoms with E-state index in [-0.39, 0.29) is 125 Å². The number of ether oxygens (including phenoxy) is 12. The lowest BCUT2D eigenvalue weighted by molar-refractivity contribution is -0.197. The molecule has 6 unspecified atom stereocenters. The molecule has 0 bridgehead atoms. The molecule has 4 saturated heterocycles. The Hall–Kier alpha value is -8.25. The minimum Gasteiger partial charge on any atom is -0.504 e. The van der Waals surface area contributed by atoms with Gasteiger partial charge in [-0.15, -0.1) is 0 Å². The molecule has 0 radical (unpaired) electrons. The van der Waals surface area contributed by atoms with Crippen LogP contribution in [0.1, 0.15) is 156 Å². The molecule has 0 spiro atoms. The number of sulfonamides is 2. The molecule has 4 aromatic carbocycles. The molecule has 32 heteroatoms. The van der Waals surface area contributed by atoms with Gasteiger partial charge in [-0.3, -0.25) is 14.4 Å². The van der Waals surface area contributed by atoms with E-state index >= 15 is 0 Å². The number of amides is 4. The van der Waals surface area contributed by atoms with Crippen molar-refractivity contribution in [3.8, 4) is 23.0 Å². The fourth-order valence-electron chi connectivity index (χ4n) is 14.9. The van der Waals surface area contributed by atoms with Gasteiger partial charge in [0.2, 0.25) is 20.0 Å². The molecule has 0 aromatic heterocycles. The number of carbonyl (C=O) groups excluding carboxylic acids is 5. The molecule has 4 aromatic rings. The maximum atomic E-state index is 14.9. The zero-order valence-electron chi connectivity index (χ0n) is 67.0. The molecule has 8 aliphatic heterocycles. The molecular weight excluding hydrogens is 1530 g/mol. The summed E-state index contributed by atoms with van der Waals surface area (Å²) >= 11 is 0. The molecule has 9 atom stereocenters. The van der Waals surface area contributed by atoms with Gasteiger partial charge < -0.3 is 76.2 Å². The first-order valence-electron chi connectivity index (χ1n) is 39.2. The number of esters is 1. The molecule has 0 saturated carbocycles. The van der Waals surface area contributed by atoms with Crippen LogP contribution in [-0.4, -0.2) is 229 Å². The van der Waals surface area contributed by atoms with Crippen LogP contribution in [0, 0.1) is 0 Å². The van der Waals surface area contributed by atoms with Gasteiger partial charge in [0.05, 0.1) is 77.7 Å². The van der Waals surface area contributed by atoms with E-state index in [1.807, 2.05) is 12.2 Å². The van der Waals surface area contributed by atoms with Crippen molar-refractivity contribution in [3.63, 3.8) is 0 Å². The fraction of sp³-hybridized carbons (Fsp3) is 0.549. The number of methoxy groups -OCH3 is 2. The van der Waals surface area contributed by atoms with E-state index in [1.54, 1.807) is 84.4 Å². The highest BCUT2D eigenvalue weighted by Gasteiger charge is 2.51. The van der Waals surface area contributed by atoms with Crippen molar-refractivity contribution in [1.29, 1.82) is 0 Å². The number of phenols is 1. The Labute approximate surface area is 670 Å². The van der Waals surface area contributed by atoms with Gasteiger partial charge in [0, 0.05) is 65.7 Å². The van der Waals surface area contributed by atoms with Gasteiger partial charge in [0.15, 0.2) is 56.4 Å². The summed E-state index contributed by atoms with van der Waals surface area (Å²) in [5.74, 6) is -0.994. The number of hydrogen-bond acceptors (Lipinski definition) is 23. The predicted octanol–water partition coefficient (Wildman–Crippen LogP) is 12.7. The molecule has 8 aliphatic rings. The number of benzene rings is 4. The summed E-state index contributed by atoms with van der Waals surface area (Å²) in [6.07, 6.45) is 9.74. The minimum atomic E-state index is -3.85. The molecule has 29 nitrogen and oxygen atoms in total. The fourth-order valence-corrected chi connectivity index (χ4v) is 18.8. The Morgan fingerprint density at radius 2 is 1.04 bits per heavy atom. The maximum absolute atomic E-state index is 14.9. The first kappa shape index (κ1) is 86.6. The van der Waals surface area contributed by atoms with E-state index in [9.17, 15) is 45.9 Å². The third kappa shape index (κ3) is 19.7. The first-order chi connectivity index (χ1) is 54.5. The van der Waals surface area contributed by atoms with Crippen LogP contribution in [0.4, 0.5) is 21.0 Å². The van der Waals surface area contributed by atoms with E-state index < -0.39 is 108 Å². The third-order valence-corrected chi connectivity index (χ3v) is 30.5. The molecule has 114 heavy (non-hydrogen) atoms. The van der Waals surface area contributed by atoms with Gasteiger partial charge in [0.25, 0.3) is 11.8 Å². The number of rotatable bonds is 26. The second-order valence-electron chi connectivity index (χ2n) is 30.6. The van der Waals surface area contributed by atoms with Crippen LogP contribution in [0.25, 0.3) is 11.1 Å². The number of phenolic OH excluding ortho intramolecular Hbond substituents is 1. The van der Waals surface area contributed by atoms with Crippen LogP contribution >= 0.6 is 0 Å². The summed E-state index contributed by atoms with van der Waals surface area (Å²) in [4.78, 5) is 76.5. The number of hydrogen-bond donors (Lipinski definition) is 1. The predicted molar refractivity (Wildman–Crippen MR) is 426 cm³/mol. The van der Waals surface area contributed by atoms with Crippen LogP contribution in [0.3, 0.4) is 0 Å². The van der Waals surface area contributed by atoms with Crippen molar-refractivity contribution >= 4 is 80.9 Å². The molecule has 12 rings (SSSR count). The van der Waals surface area contributed by atoms with Crippen molar-refractivity contribution in [2.45, 2.75) is 208 Å². The van der Waals surface area contributed by atoms with E-state index in [2.05, 4.69) is 47.0 Å². The molecule has 1 N–H and O–H groups in total. The molecule has 8 heterocycles. The Morgan fingerprint density at radius 1 is 0.605 bits per heavy atom. The summed E-state index contributed by atoms with van der Waals surface area (Å²) < 4.78 is 134. The van der Waals surface area contributed by atoms with Gasteiger partial charge in [0.1, 0.15) is 32.3 Å².